The van der Waals surface area contributed by atoms with Gasteiger partial charge in [0, 0.05) is 6.42 Å². The molecule has 0 radical (unpaired) electrons. The molecule has 1 saturated carbocycles. The molecule has 1 fully saturated rings. The molecular weight excluding hydrogens is 152 g/mol. The van der Waals surface area contributed by atoms with Crippen molar-refractivity contribution in [3.63, 3.8) is 0 Å². The fourth-order valence-electron chi connectivity index (χ4n) is 1.26. The predicted octanol–water partition coefficient (Wildman–Crippen LogP) is 1.20. The standard InChI is InChI=1S/C9H14N2O/c1-3-8(12)11-9(2,6-10)7-4-5-7/h7H,3-5H2,1-2H3,(H,11,12). The minimum absolute atomic E-state index is 0.0362. The van der Waals surface area contributed by atoms with Crippen molar-refractivity contribution in [2.45, 2.75) is 38.6 Å². The van der Waals surface area contributed by atoms with Gasteiger partial charge < -0.3 is 5.32 Å². The van der Waals surface area contributed by atoms with Crippen molar-refractivity contribution in [1.29, 1.82) is 5.26 Å². The van der Waals surface area contributed by atoms with E-state index in [0.717, 1.165) is 12.8 Å². The third-order valence-corrected chi connectivity index (χ3v) is 2.35. The van der Waals surface area contributed by atoms with E-state index in [0.29, 0.717) is 12.3 Å². The van der Waals surface area contributed by atoms with E-state index in [1.807, 2.05) is 0 Å². The van der Waals surface area contributed by atoms with Crippen LogP contribution in [0, 0.1) is 17.2 Å². The molecule has 1 aliphatic rings. The fourth-order valence-corrected chi connectivity index (χ4v) is 1.26. The highest BCUT2D eigenvalue weighted by atomic mass is 16.1. The predicted molar refractivity (Wildman–Crippen MR) is 45.2 cm³/mol. The van der Waals surface area contributed by atoms with Gasteiger partial charge in [-0.05, 0) is 25.7 Å². The van der Waals surface area contributed by atoms with E-state index < -0.39 is 5.54 Å². The van der Waals surface area contributed by atoms with Gasteiger partial charge in [-0.25, -0.2) is 0 Å². The van der Waals surface area contributed by atoms with Crippen LogP contribution in [0.15, 0.2) is 0 Å². The molecule has 0 aromatic carbocycles. The van der Waals surface area contributed by atoms with E-state index in [1.165, 1.54) is 0 Å². The lowest BCUT2D eigenvalue weighted by molar-refractivity contribution is -0.122. The number of hydrogen-bond acceptors (Lipinski definition) is 2. The summed E-state index contributed by atoms with van der Waals surface area (Å²) in [6.45, 7) is 3.60. The van der Waals surface area contributed by atoms with Crippen molar-refractivity contribution in [2.75, 3.05) is 0 Å². The quantitative estimate of drug-likeness (QED) is 0.685. The summed E-state index contributed by atoms with van der Waals surface area (Å²) in [5.41, 5.74) is -0.618. The summed E-state index contributed by atoms with van der Waals surface area (Å²) >= 11 is 0. The number of amides is 1. The van der Waals surface area contributed by atoms with Gasteiger partial charge in [-0.2, -0.15) is 5.26 Å². The number of rotatable bonds is 3. The van der Waals surface area contributed by atoms with Gasteiger partial charge in [0.05, 0.1) is 6.07 Å². The topological polar surface area (TPSA) is 52.9 Å². The molecule has 0 saturated heterocycles. The van der Waals surface area contributed by atoms with Crippen LogP contribution in [0.25, 0.3) is 0 Å². The van der Waals surface area contributed by atoms with Crippen molar-refractivity contribution in [1.82, 2.24) is 5.32 Å². The first-order chi connectivity index (χ1) is 5.62. The average Bonchev–Trinajstić information content (AvgIpc) is 2.86. The zero-order valence-corrected chi connectivity index (χ0v) is 7.55. The second-order valence-corrected chi connectivity index (χ2v) is 3.49. The Morgan fingerprint density at radius 3 is 2.67 bits per heavy atom. The van der Waals surface area contributed by atoms with E-state index in [4.69, 9.17) is 5.26 Å². The van der Waals surface area contributed by atoms with Crippen LogP contribution in [-0.2, 0) is 4.79 Å². The molecule has 0 aliphatic heterocycles. The van der Waals surface area contributed by atoms with Crippen molar-refractivity contribution in [3.8, 4) is 6.07 Å². The van der Waals surface area contributed by atoms with Crippen LogP contribution in [0.4, 0.5) is 0 Å². The molecule has 12 heavy (non-hydrogen) atoms. The largest absolute Gasteiger partial charge is 0.338 e. The number of nitrogens with one attached hydrogen (secondary N) is 1. The fraction of sp³-hybridized carbons (Fsp3) is 0.778. The molecule has 0 aromatic rings. The first kappa shape index (κ1) is 9.05. The van der Waals surface area contributed by atoms with E-state index in [9.17, 15) is 4.79 Å². The first-order valence-electron chi connectivity index (χ1n) is 4.34. The zero-order chi connectivity index (χ0) is 9.19. The van der Waals surface area contributed by atoms with Crippen LogP contribution in [0.1, 0.15) is 33.1 Å². The molecular formula is C9H14N2O. The Kier molecular flexibility index (Phi) is 2.37. The highest BCUT2D eigenvalue weighted by molar-refractivity contribution is 5.77. The Labute approximate surface area is 72.8 Å². The summed E-state index contributed by atoms with van der Waals surface area (Å²) in [6, 6.07) is 2.17. The second kappa shape index (κ2) is 3.14. The average molecular weight is 166 g/mol. The van der Waals surface area contributed by atoms with Crippen LogP contribution in [-0.4, -0.2) is 11.4 Å². The molecule has 1 amide bonds. The first-order valence-corrected chi connectivity index (χ1v) is 4.34. The van der Waals surface area contributed by atoms with Gasteiger partial charge in [0.2, 0.25) is 5.91 Å². The van der Waals surface area contributed by atoms with Gasteiger partial charge in [-0.15, -0.1) is 0 Å². The Balaban J connectivity index is 2.56. The van der Waals surface area contributed by atoms with Crippen molar-refractivity contribution >= 4 is 5.91 Å². The van der Waals surface area contributed by atoms with Gasteiger partial charge in [0.15, 0.2) is 0 Å². The monoisotopic (exact) mass is 166 g/mol. The van der Waals surface area contributed by atoms with Crippen molar-refractivity contribution < 1.29 is 4.79 Å². The molecule has 3 nitrogen and oxygen atoms in total. The number of carbonyl (C=O) groups excluding carboxylic acids is 1. The van der Waals surface area contributed by atoms with E-state index in [-0.39, 0.29) is 5.91 Å². The molecule has 0 aromatic heterocycles. The normalized spacial score (nSPS) is 20.8. The molecule has 0 spiro atoms. The lowest BCUT2D eigenvalue weighted by Gasteiger charge is -2.22. The molecule has 1 unspecified atom stereocenters. The van der Waals surface area contributed by atoms with Crippen molar-refractivity contribution in [3.05, 3.63) is 0 Å². The maximum atomic E-state index is 11.1. The Bertz CT molecular complexity index is 227. The van der Waals surface area contributed by atoms with Crippen LogP contribution >= 0.6 is 0 Å². The van der Waals surface area contributed by atoms with E-state index in [2.05, 4.69) is 11.4 Å². The Morgan fingerprint density at radius 1 is 1.75 bits per heavy atom. The van der Waals surface area contributed by atoms with Gasteiger partial charge in [0.1, 0.15) is 5.54 Å². The summed E-state index contributed by atoms with van der Waals surface area (Å²) < 4.78 is 0. The van der Waals surface area contributed by atoms with Crippen LogP contribution in [0.5, 0.6) is 0 Å². The summed E-state index contributed by atoms with van der Waals surface area (Å²) in [4.78, 5) is 11.1. The molecule has 1 N–H and O–H groups in total. The summed E-state index contributed by atoms with van der Waals surface area (Å²) in [5, 5.41) is 11.6. The second-order valence-electron chi connectivity index (χ2n) is 3.49. The summed E-state index contributed by atoms with van der Waals surface area (Å²) in [7, 11) is 0. The minimum atomic E-state index is -0.618. The van der Waals surface area contributed by atoms with Crippen molar-refractivity contribution in [2.24, 2.45) is 5.92 Å². The lowest BCUT2D eigenvalue weighted by Crippen LogP contribution is -2.46. The molecule has 0 bridgehead atoms. The Hall–Kier alpha value is -1.04. The molecule has 1 atom stereocenters. The number of nitriles is 1. The van der Waals surface area contributed by atoms with Gasteiger partial charge in [-0.1, -0.05) is 6.92 Å². The molecule has 66 valence electrons. The number of carbonyl (C=O) groups is 1. The third-order valence-electron chi connectivity index (χ3n) is 2.35. The lowest BCUT2D eigenvalue weighted by atomic mass is 9.98. The Morgan fingerprint density at radius 2 is 2.33 bits per heavy atom. The third kappa shape index (κ3) is 1.76. The van der Waals surface area contributed by atoms with Gasteiger partial charge in [-0.3, -0.25) is 4.79 Å². The number of hydrogen-bond donors (Lipinski definition) is 1. The molecule has 0 heterocycles. The SMILES string of the molecule is CCC(=O)NC(C)(C#N)C1CC1. The maximum Gasteiger partial charge on any atom is 0.220 e. The number of nitrogens with zero attached hydrogens (tertiary/aromatic N) is 1. The van der Waals surface area contributed by atoms with Crippen LogP contribution in [0.2, 0.25) is 0 Å². The minimum Gasteiger partial charge on any atom is -0.338 e. The van der Waals surface area contributed by atoms with E-state index in [1.54, 1.807) is 13.8 Å². The zero-order valence-electron chi connectivity index (χ0n) is 7.55. The van der Waals surface area contributed by atoms with Crippen LogP contribution in [0.3, 0.4) is 0 Å². The highest BCUT2D eigenvalue weighted by Gasteiger charge is 2.42. The van der Waals surface area contributed by atoms with E-state index >= 15 is 0 Å². The maximum absolute atomic E-state index is 11.1. The van der Waals surface area contributed by atoms with Crippen LogP contribution < -0.4 is 5.32 Å². The summed E-state index contributed by atoms with van der Waals surface area (Å²) in [6.07, 6.45) is 2.58. The highest BCUT2D eigenvalue weighted by Crippen LogP contribution is 2.39. The van der Waals surface area contributed by atoms with Gasteiger partial charge >= 0.3 is 0 Å². The molecule has 1 rings (SSSR count). The summed E-state index contributed by atoms with van der Waals surface area (Å²) in [5.74, 6) is 0.337. The smallest absolute Gasteiger partial charge is 0.220 e. The molecule has 1 aliphatic carbocycles. The molecule has 3 heteroatoms. The van der Waals surface area contributed by atoms with Gasteiger partial charge in [0.25, 0.3) is 0 Å².